The third-order valence-electron chi connectivity index (χ3n) is 3.23. The van der Waals surface area contributed by atoms with Crippen LogP contribution in [0.25, 0.3) is 0 Å². The van der Waals surface area contributed by atoms with E-state index in [1.807, 2.05) is 44.2 Å². The molecule has 0 spiro atoms. The van der Waals surface area contributed by atoms with Gasteiger partial charge in [0.15, 0.2) is 6.61 Å². The summed E-state index contributed by atoms with van der Waals surface area (Å²) >= 11 is 0. The van der Waals surface area contributed by atoms with Crippen molar-refractivity contribution in [3.8, 4) is 5.75 Å². The summed E-state index contributed by atoms with van der Waals surface area (Å²) in [5.74, 6) is 0.468. The fraction of sp³-hybridized carbons (Fsp3) is 0.263. The van der Waals surface area contributed by atoms with Crippen molar-refractivity contribution in [1.82, 2.24) is 10.6 Å². The molecule has 0 radical (unpaired) electrons. The smallest absolute Gasteiger partial charge is 0.319 e. The molecule has 3 amide bonds. The van der Waals surface area contributed by atoms with Crippen LogP contribution >= 0.6 is 0 Å². The number of amides is 3. The van der Waals surface area contributed by atoms with Crippen LogP contribution in [0.2, 0.25) is 0 Å². The highest BCUT2D eigenvalue weighted by molar-refractivity contribution is 5.89. The highest BCUT2D eigenvalue weighted by Crippen LogP contribution is 2.10. The maximum absolute atomic E-state index is 11.8. The van der Waals surface area contributed by atoms with Gasteiger partial charge in [-0.05, 0) is 43.7 Å². The van der Waals surface area contributed by atoms with E-state index < -0.39 is 0 Å². The normalized spacial score (nSPS) is 10.2. The van der Waals surface area contributed by atoms with E-state index in [0.717, 1.165) is 5.56 Å². The SMILES string of the molecule is CC(C)NC(=O)Nc1ccc(CNC(=O)COc2ccccc2)cc1. The number of nitrogens with one attached hydrogen (secondary N) is 3. The first-order valence-electron chi connectivity index (χ1n) is 8.14. The summed E-state index contributed by atoms with van der Waals surface area (Å²) in [6.45, 7) is 4.16. The van der Waals surface area contributed by atoms with Gasteiger partial charge in [-0.15, -0.1) is 0 Å². The highest BCUT2D eigenvalue weighted by Gasteiger charge is 2.05. The molecule has 2 aromatic rings. The Bertz CT molecular complexity index is 685. The minimum atomic E-state index is -0.242. The number of carbonyl (C=O) groups is 2. The quantitative estimate of drug-likeness (QED) is 0.724. The molecule has 0 saturated heterocycles. The van der Waals surface area contributed by atoms with Gasteiger partial charge in [0.1, 0.15) is 5.75 Å². The van der Waals surface area contributed by atoms with E-state index in [1.54, 1.807) is 24.3 Å². The Morgan fingerprint density at radius 3 is 2.32 bits per heavy atom. The van der Waals surface area contributed by atoms with Crippen molar-refractivity contribution in [2.75, 3.05) is 11.9 Å². The lowest BCUT2D eigenvalue weighted by molar-refractivity contribution is -0.123. The fourth-order valence-electron chi connectivity index (χ4n) is 2.05. The predicted molar refractivity (Wildman–Crippen MR) is 97.5 cm³/mol. The summed E-state index contributed by atoms with van der Waals surface area (Å²) in [5, 5.41) is 8.29. The van der Waals surface area contributed by atoms with E-state index in [-0.39, 0.29) is 24.6 Å². The first-order chi connectivity index (χ1) is 12.0. The maximum atomic E-state index is 11.8. The molecule has 25 heavy (non-hydrogen) atoms. The zero-order valence-electron chi connectivity index (χ0n) is 14.4. The van der Waals surface area contributed by atoms with Crippen LogP contribution in [0.4, 0.5) is 10.5 Å². The van der Waals surface area contributed by atoms with E-state index in [1.165, 1.54) is 0 Å². The maximum Gasteiger partial charge on any atom is 0.319 e. The first-order valence-corrected chi connectivity index (χ1v) is 8.14. The number of para-hydroxylation sites is 1. The molecule has 0 atom stereocenters. The Balaban J connectivity index is 1.73. The fourth-order valence-corrected chi connectivity index (χ4v) is 2.05. The van der Waals surface area contributed by atoms with Gasteiger partial charge in [-0.25, -0.2) is 4.79 Å². The van der Waals surface area contributed by atoms with Crippen LogP contribution in [-0.4, -0.2) is 24.6 Å². The van der Waals surface area contributed by atoms with Gasteiger partial charge in [0.05, 0.1) is 0 Å². The van der Waals surface area contributed by atoms with Gasteiger partial charge in [-0.2, -0.15) is 0 Å². The minimum absolute atomic E-state index is 0.0287. The van der Waals surface area contributed by atoms with Crippen molar-refractivity contribution in [3.05, 3.63) is 60.2 Å². The molecule has 2 aromatic carbocycles. The van der Waals surface area contributed by atoms with Crippen molar-refractivity contribution in [2.24, 2.45) is 0 Å². The van der Waals surface area contributed by atoms with Crippen LogP contribution in [0.15, 0.2) is 54.6 Å². The molecule has 6 nitrogen and oxygen atoms in total. The predicted octanol–water partition coefficient (Wildman–Crippen LogP) is 2.91. The van der Waals surface area contributed by atoms with Crippen LogP contribution in [-0.2, 0) is 11.3 Å². The van der Waals surface area contributed by atoms with Gasteiger partial charge in [0.25, 0.3) is 5.91 Å². The molecule has 6 heteroatoms. The number of hydrogen-bond acceptors (Lipinski definition) is 3. The molecule has 0 unspecified atom stereocenters. The van der Waals surface area contributed by atoms with Gasteiger partial charge in [0.2, 0.25) is 0 Å². The first kappa shape index (κ1) is 18.3. The Labute approximate surface area is 147 Å². The lowest BCUT2D eigenvalue weighted by Crippen LogP contribution is -2.34. The van der Waals surface area contributed by atoms with Crippen LogP contribution < -0.4 is 20.7 Å². The van der Waals surface area contributed by atoms with E-state index in [0.29, 0.717) is 18.0 Å². The molecule has 132 valence electrons. The lowest BCUT2D eigenvalue weighted by atomic mass is 10.2. The third kappa shape index (κ3) is 6.95. The van der Waals surface area contributed by atoms with Crippen molar-refractivity contribution in [3.63, 3.8) is 0 Å². The number of urea groups is 1. The molecular weight excluding hydrogens is 318 g/mol. The molecule has 2 rings (SSSR count). The molecular formula is C19H23N3O3. The average molecular weight is 341 g/mol. The van der Waals surface area contributed by atoms with Gasteiger partial charge in [-0.1, -0.05) is 30.3 Å². The molecule has 0 aliphatic heterocycles. The van der Waals surface area contributed by atoms with Gasteiger partial charge in [-0.3, -0.25) is 4.79 Å². The minimum Gasteiger partial charge on any atom is -0.484 e. The van der Waals surface area contributed by atoms with E-state index >= 15 is 0 Å². The number of ether oxygens (including phenoxy) is 1. The van der Waals surface area contributed by atoms with Crippen LogP contribution in [0.5, 0.6) is 5.75 Å². The Kier molecular flexibility index (Phi) is 6.83. The summed E-state index contributed by atoms with van der Waals surface area (Å²) in [6, 6.07) is 16.3. The zero-order chi connectivity index (χ0) is 18.1. The molecule has 0 fully saturated rings. The van der Waals surface area contributed by atoms with Crippen LogP contribution in [0, 0.1) is 0 Å². The topological polar surface area (TPSA) is 79.5 Å². The summed E-state index contributed by atoms with van der Waals surface area (Å²) < 4.78 is 5.38. The number of anilines is 1. The second-order valence-corrected chi connectivity index (χ2v) is 5.83. The molecule has 0 saturated carbocycles. The summed E-state index contributed by atoms with van der Waals surface area (Å²) in [6.07, 6.45) is 0. The third-order valence-corrected chi connectivity index (χ3v) is 3.23. The molecule has 0 aliphatic rings. The lowest BCUT2D eigenvalue weighted by Gasteiger charge is -2.11. The number of carbonyl (C=O) groups excluding carboxylic acids is 2. The van der Waals surface area contributed by atoms with E-state index in [2.05, 4.69) is 16.0 Å². The van der Waals surface area contributed by atoms with Crippen molar-refractivity contribution in [1.29, 1.82) is 0 Å². The molecule has 0 heterocycles. The number of benzene rings is 2. The van der Waals surface area contributed by atoms with E-state index in [4.69, 9.17) is 4.74 Å². The largest absolute Gasteiger partial charge is 0.484 e. The van der Waals surface area contributed by atoms with Gasteiger partial charge in [0, 0.05) is 18.3 Å². The summed E-state index contributed by atoms with van der Waals surface area (Å²) in [7, 11) is 0. The molecule has 0 aliphatic carbocycles. The van der Waals surface area contributed by atoms with Crippen molar-refractivity contribution in [2.45, 2.75) is 26.4 Å². The highest BCUT2D eigenvalue weighted by atomic mass is 16.5. The van der Waals surface area contributed by atoms with Crippen LogP contribution in [0.3, 0.4) is 0 Å². The Morgan fingerprint density at radius 2 is 1.68 bits per heavy atom. The number of hydrogen-bond donors (Lipinski definition) is 3. The molecule has 0 aromatic heterocycles. The Morgan fingerprint density at radius 1 is 1.00 bits per heavy atom. The monoisotopic (exact) mass is 341 g/mol. The molecule has 0 bridgehead atoms. The number of rotatable bonds is 7. The second-order valence-electron chi connectivity index (χ2n) is 5.83. The van der Waals surface area contributed by atoms with E-state index in [9.17, 15) is 9.59 Å². The zero-order valence-corrected chi connectivity index (χ0v) is 14.4. The van der Waals surface area contributed by atoms with Gasteiger partial charge < -0.3 is 20.7 Å². The summed E-state index contributed by atoms with van der Waals surface area (Å²) in [4.78, 5) is 23.4. The van der Waals surface area contributed by atoms with Gasteiger partial charge >= 0.3 is 6.03 Å². The van der Waals surface area contributed by atoms with Crippen molar-refractivity contribution >= 4 is 17.6 Å². The molecule has 3 N–H and O–H groups in total. The standard InChI is InChI=1S/C19H23N3O3/c1-14(2)21-19(24)22-16-10-8-15(9-11-16)12-20-18(23)13-25-17-6-4-3-5-7-17/h3-11,14H,12-13H2,1-2H3,(H,20,23)(H2,21,22,24). The Hall–Kier alpha value is -3.02. The summed E-state index contributed by atoms with van der Waals surface area (Å²) in [5.41, 5.74) is 1.63. The van der Waals surface area contributed by atoms with Crippen molar-refractivity contribution < 1.29 is 14.3 Å². The van der Waals surface area contributed by atoms with Crippen LogP contribution in [0.1, 0.15) is 19.4 Å². The second kappa shape index (κ2) is 9.32. The average Bonchev–Trinajstić information content (AvgIpc) is 2.59.